The van der Waals surface area contributed by atoms with E-state index >= 15 is 0 Å². The number of urea groups is 1. The lowest BCUT2D eigenvalue weighted by Gasteiger charge is -2.27. The Labute approximate surface area is 206 Å². The molecule has 1 heterocycles. The molecule has 5 rings (SSSR count). The normalized spacial score (nSPS) is 18.1. The first-order chi connectivity index (χ1) is 16.8. The summed E-state index contributed by atoms with van der Waals surface area (Å²) < 4.78 is 11.1. The van der Waals surface area contributed by atoms with E-state index < -0.39 is 0 Å². The van der Waals surface area contributed by atoms with E-state index in [9.17, 15) is 4.79 Å². The van der Waals surface area contributed by atoms with Gasteiger partial charge in [0, 0.05) is 17.2 Å². The standard InChI is InChI=1S/C29H31N3O3/c1-16-10-11-20(12-19(16)4)28-23-13-21-14-24(34-5)25(35-6)15-22(21)27(23)31-32(28)29(33)30-26-17(2)8-7-9-18(26)3/h7-12,14-15,23,28H,13H2,1-6H3,(H,30,33). The van der Waals surface area contributed by atoms with Gasteiger partial charge in [-0.05, 0) is 79.6 Å². The second-order valence-electron chi connectivity index (χ2n) is 9.49. The van der Waals surface area contributed by atoms with E-state index in [1.165, 1.54) is 11.1 Å². The fourth-order valence-electron chi connectivity index (χ4n) is 5.27. The summed E-state index contributed by atoms with van der Waals surface area (Å²) in [4.78, 5) is 13.7. The summed E-state index contributed by atoms with van der Waals surface area (Å²) in [5.74, 6) is 1.42. The van der Waals surface area contributed by atoms with Crippen molar-refractivity contribution in [1.82, 2.24) is 5.01 Å². The van der Waals surface area contributed by atoms with Gasteiger partial charge in [0.05, 0.1) is 26.0 Å². The van der Waals surface area contributed by atoms with Gasteiger partial charge in [0.1, 0.15) is 0 Å². The van der Waals surface area contributed by atoms with Crippen LogP contribution in [0.25, 0.3) is 0 Å². The average Bonchev–Trinajstić information content (AvgIpc) is 3.38. The molecule has 2 atom stereocenters. The van der Waals surface area contributed by atoms with E-state index in [-0.39, 0.29) is 18.0 Å². The number of amides is 2. The van der Waals surface area contributed by atoms with Gasteiger partial charge in [-0.2, -0.15) is 5.10 Å². The Morgan fingerprint density at radius 2 is 1.60 bits per heavy atom. The van der Waals surface area contributed by atoms with Gasteiger partial charge in [-0.15, -0.1) is 0 Å². The molecule has 2 aliphatic rings. The highest BCUT2D eigenvalue weighted by Gasteiger charge is 2.46. The summed E-state index contributed by atoms with van der Waals surface area (Å²) in [5.41, 5.74) is 9.49. The summed E-state index contributed by atoms with van der Waals surface area (Å²) in [6.45, 7) is 8.22. The number of aryl methyl sites for hydroxylation is 4. The Hall–Kier alpha value is -3.80. The quantitative estimate of drug-likeness (QED) is 0.502. The number of carbonyl (C=O) groups excluding carboxylic acids is 1. The van der Waals surface area contributed by atoms with Crippen LogP contribution in [0, 0.1) is 33.6 Å². The molecule has 3 aromatic rings. The lowest BCUT2D eigenvalue weighted by molar-refractivity contribution is 0.190. The second kappa shape index (κ2) is 8.77. The minimum atomic E-state index is -0.227. The van der Waals surface area contributed by atoms with Crippen molar-refractivity contribution in [3.63, 3.8) is 0 Å². The number of methoxy groups -OCH3 is 2. The third kappa shape index (κ3) is 3.83. The number of nitrogens with zero attached hydrogens (tertiary/aromatic N) is 2. The maximum atomic E-state index is 13.7. The zero-order valence-electron chi connectivity index (χ0n) is 21.1. The maximum absolute atomic E-state index is 13.7. The Morgan fingerprint density at radius 3 is 2.26 bits per heavy atom. The van der Waals surface area contributed by atoms with Crippen LogP contribution < -0.4 is 14.8 Å². The molecule has 3 aromatic carbocycles. The molecule has 0 fully saturated rings. The number of anilines is 1. The molecule has 1 aliphatic heterocycles. The van der Waals surface area contributed by atoms with E-state index in [2.05, 4.69) is 37.4 Å². The van der Waals surface area contributed by atoms with Crippen molar-refractivity contribution in [3.8, 4) is 11.5 Å². The van der Waals surface area contributed by atoms with Crippen molar-refractivity contribution in [2.75, 3.05) is 19.5 Å². The molecule has 1 N–H and O–H groups in total. The number of rotatable bonds is 4. The van der Waals surface area contributed by atoms with Gasteiger partial charge in [-0.1, -0.05) is 36.4 Å². The third-order valence-electron chi connectivity index (χ3n) is 7.33. The molecule has 2 amide bonds. The predicted octanol–water partition coefficient (Wildman–Crippen LogP) is 6.10. The van der Waals surface area contributed by atoms with Gasteiger partial charge in [0.25, 0.3) is 0 Å². The molecular weight excluding hydrogens is 438 g/mol. The molecule has 0 radical (unpaired) electrons. The monoisotopic (exact) mass is 469 g/mol. The summed E-state index contributed by atoms with van der Waals surface area (Å²) in [6.07, 6.45) is 0.777. The highest BCUT2D eigenvalue weighted by atomic mass is 16.5. The molecule has 35 heavy (non-hydrogen) atoms. The highest BCUT2D eigenvalue weighted by Crippen LogP contribution is 2.47. The van der Waals surface area contributed by atoms with Gasteiger partial charge in [-0.25, -0.2) is 9.80 Å². The van der Waals surface area contributed by atoms with Crippen molar-refractivity contribution in [2.45, 2.75) is 40.2 Å². The molecule has 6 heteroatoms. The maximum Gasteiger partial charge on any atom is 0.342 e. The fraction of sp³-hybridized carbons (Fsp3) is 0.310. The number of fused-ring (bicyclic) bond motifs is 3. The van der Waals surface area contributed by atoms with Crippen molar-refractivity contribution in [1.29, 1.82) is 0 Å². The van der Waals surface area contributed by atoms with Crippen LogP contribution in [0.1, 0.15) is 45.0 Å². The van der Waals surface area contributed by atoms with Crippen molar-refractivity contribution in [2.24, 2.45) is 11.0 Å². The van der Waals surface area contributed by atoms with Crippen LogP contribution in [0.4, 0.5) is 10.5 Å². The molecular formula is C29H31N3O3. The van der Waals surface area contributed by atoms with E-state index in [4.69, 9.17) is 14.6 Å². The first kappa shape index (κ1) is 23.0. The zero-order valence-corrected chi connectivity index (χ0v) is 21.1. The first-order valence-electron chi connectivity index (χ1n) is 11.9. The van der Waals surface area contributed by atoms with Crippen LogP contribution in [0.2, 0.25) is 0 Å². The number of nitrogens with one attached hydrogen (secondary N) is 1. The van der Waals surface area contributed by atoms with Crippen LogP contribution in [0.5, 0.6) is 11.5 Å². The molecule has 0 aromatic heterocycles. The van der Waals surface area contributed by atoms with Gasteiger partial charge in [0.15, 0.2) is 11.5 Å². The number of carbonyl (C=O) groups is 1. The summed E-state index contributed by atoms with van der Waals surface area (Å²) in [5, 5.41) is 9.70. The Balaban J connectivity index is 1.59. The van der Waals surface area contributed by atoms with Crippen LogP contribution in [-0.4, -0.2) is 31.0 Å². The number of para-hydroxylation sites is 1. The van der Waals surface area contributed by atoms with Gasteiger partial charge in [0.2, 0.25) is 0 Å². The zero-order chi connectivity index (χ0) is 24.9. The number of hydrazone groups is 1. The summed E-state index contributed by atoms with van der Waals surface area (Å²) >= 11 is 0. The Kier molecular flexibility index (Phi) is 5.75. The highest BCUT2D eigenvalue weighted by molar-refractivity contribution is 6.09. The Morgan fingerprint density at radius 1 is 0.914 bits per heavy atom. The number of hydrogen-bond acceptors (Lipinski definition) is 4. The van der Waals surface area contributed by atoms with Crippen LogP contribution in [0.3, 0.4) is 0 Å². The van der Waals surface area contributed by atoms with Crippen LogP contribution >= 0.6 is 0 Å². The van der Waals surface area contributed by atoms with E-state index in [1.54, 1.807) is 19.2 Å². The Bertz CT molecular complexity index is 1340. The lowest BCUT2D eigenvalue weighted by atomic mass is 9.89. The largest absolute Gasteiger partial charge is 0.493 e. The SMILES string of the molecule is COc1cc2c(cc1OC)C1=NN(C(=O)Nc3c(C)cccc3C)C(c3ccc(C)c(C)c3)C1C2. The summed E-state index contributed by atoms with van der Waals surface area (Å²) in [6, 6.07) is 16.0. The minimum absolute atomic E-state index is 0.0487. The fourth-order valence-corrected chi connectivity index (χ4v) is 5.27. The molecule has 0 saturated heterocycles. The lowest BCUT2D eigenvalue weighted by Crippen LogP contribution is -2.34. The van der Waals surface area contributed by atoms with Gasteiger partial charge >= 0.3 is 6.03 Å². The number of hydrogen-bond donors (Lipinski definition) is 1. The van der Waals surface area contributed by atoms with Gasteiger partial charge < -0.3 is 14.8 Å². The third-order valence-corrected chi connectivity index (χ3v) is 7.33. The second-order valence-corrected chi connectivity index (χ2v) is 9.49. The topological polar surface area (TPSA) is 63.2 Å². The van der Waals surface area contributed by atoms with Gasteiger partial charge in [-0.3, -0.25) is 0 Å². The molecule has 0 spiro atoms. The smallest absolute Gasteiger partial charge is 0.342 e. The minimum Gasteiger partial charge on any atom is -0.493 e. The van der Waals surface area contributed by atoms with Crippen molar-refractivity contribution in [3.05, 3.63) is 87.5 Å². The van der Waals surface area contributed by atoms with E-state index in [1.807, 2.05) is 44.2 Å². The molecule has 1 aliphatic carbocycles. The molecule has 180 valence electrons. The molecule has 0 saturated carbocycles. The molecule has 6 nitrogen and oxygen atoms in total. The number of ether oxygens (including phenoxy) is 2. The van der Waals surface area contributed by atoms with E-state index in [0.717, 1.165) is 45.6 Å². The molecule has 0 bridgehead atoms. The first-order valence-corrected chi connectivity index (χ1v) is 11.9. The van der Waals surface area contributed by atoms with Crippen LogP contribution in [-0.2, 0) is 6.42 Å². The van der Waals surface area contributed by atoms with Crippen molar-refractivity contribution < 1.29 is 14.3 Å². The average molecular weight is 470 g/mol. The molecule has 2 unspecified atom stereocenters. The van der Waals surface area contributed by atoms with E-state index in [0.29, 0.717) is 11.5 Å². The van der Waals surface area contributed by atoms with Crippen LogP contribution in [0.15, 0.2) is 53.6 Å². The summed E-state index contributed by atoms with van der Waals surface area (Å²) in [7, 11) is 3.28. The number of benzene rings is 3. The predicted molar refractivity (Wildman–Crippen MR) is 139 cm³/mol. The van der Waals surface area contributed by atoms with Crippen molar-refractivity contribution >= 4 is 17.4 Å².